The Balaban J connectivity index is 1.80. The van der Waals surface area contributed by atoms with Crippen LogP contribution in [0.4, 0.5) is 0 Å². The number of rotatable bonds is 6. The predicted octanol–water partition coefficient (Wildman–Crippen LogP) is 3.23. The van der Waals surface area contributed by atoms with Crippen LogP contribution >= 0.6 is 23.2 Å². The lowest BCUT2D eigenvalue weighted by molar-refractivity contribution is -0.123. The molecule has 0 aromatic heterocycles. The van der Waals surface area contributed by atoms with Gasteiger partial charge in [-0.2, -0.15) is 0 Å². The number of hydrogen-bond donors (Lipinski definition) is 2. The zero-order valence-electron chi connectivity index (χ0n) is 13.3. The molecule has 2 aromatic carbocycles. The lowest BCUT2D eigenvalue weighted by Crippen LogP contribution is -2.43. The van der Waals surface area contributed by atoms with Crippen LogP contribution < -0.4 is 20.3 Å². The monoisotopic (exact) mass is 382 g/mol. The number of carbonyl (C=O) groups excluding carboxylic acids is 2. The molecule has 25 heavy (non-hydrogen) atoms. The van der Waals surface area contributed by atoms with Crippen molar-refractivity contribution >= 4 is 35.0 Å². The molecule has 0 saturated heterocycles. The lowest BCUT2D eigenvalue weighted by atomic mass is 10.2. The fourth-order valence-electron chi connectivity index (χ4n) is 1.85. The quantitative estimate of drug-likeness (QED) is 0.751. The van der Waals surface area contributed by atoms with Crippen molar-refractivity contribution < 1.29 is 19.1 Å². The van der Waals surface area contributed by atoms with Crippen molar-refractivity contribution in [2.24, 2.45) is 0 Å². The summed E-state index contributed by atoms with van der Waals surface area (Å²) in [5, 5.41) is 0.585. The van der Waals surface area contributed by atoms with Crippen molar-refractivity contribution in [3.8, 4) is 11.5 Å². The van der Waals surface area contributed by atoms with Gasteiger partial charge >= 0.3 is 0 Å². The molecule has 2 rings (SSSR count). The normalized spacial score (nSPS) is 10.0. The topological polar surface area (TPSA) is 76.7 Å². The van der Waals surface area contributed by atoms with Crippen LogP contribution in [0.25, 0.3) is 0 Å². The molecule has 0 saturated carbocycles. The Kier molecular flexibility index (Phi) is 6.91. The van der Waals surface area contributed by atoms with Gasteiger partial charge < -0.3 is 9.47 Å². The fourth-order valence-corrected chi connectivity index (χ4v) is 2.22. The first-order valence-electron chi connectivity index (χ1n) is 7.39. The molecular weight excluding hydrogens is 367 g/mol. The molecule has 0 unspecified atom stereocenters. The summed E-state index contributed by atoms with van der Waals surface area (Å²) >= 11 is 11.7. The van der Waals surface area contributed by atoms with Crippen LogP contribution in [0.5, 0.6) is 11.5 Å². The van der Waals surface area contributed by atoms with Crippen LogP contribution in [0.3, 0.4) is 0 Å². The molecule has 0 heterocycles. The van der Waals surface area contributed by atoms with E-state index in [1.807, 2.05) is 6.92 Å². The van der Waals surface area contributed by atoms with Crippen molar-refractivity contribution in [3.63, 3.8) is 0 Å². The largest absolute Gasteiger partial charge is 0.494 e. The minimum Gasteiger partial charge on any atom is -0.494 e. The predicted molar refractivity (Wildman–Crippen MR) is 95.2 cm³/mol. The van der Waals surface area contributed by atoms with Crippen LogP contribution in [0.15, 0.2) is 42.5 Å². The summed E-state index contributed by atoms with van der Waals surface area (Å²) in [7, 11) is 0. The van der Waals surface area contributed by atoms with Crippen LogP contribution in [0.1, 0.15) is 17.3 Å². The Morgan fingerprint density at radius 1 is 0.960 bits per heavy atom. The van der Waals surface area contributed by atoms with Gasteiger partial charge in [-0.15, -0.1) is 0 Å². The average Bonchev–Trinajstić information content (AvgIpc) is 2.61. The van der Waals surface area contributed by atoms with Gasteiger partial charge in [0.15, 0.2) is 6.61 Å². The van der Waals surface area contributed by atoms with Gasteiger partial charge in [0.05, 0.1) is 17.2 Å². The number of halogens is 2. The van der Waals surface area contributed by atoms with Gasteiger partial charge in [-0.05, 0) is 49.4 Å². The van der Waals surface area contributed by atoms with Gasteiger partial charge in [-0.25, -0.2) is 0 Å². The number of hydrogen-bond acceptors (Lipinski definition) is 4. The van der Waals surface area contributed by atoms with E-state index in [0.29, 0.717) is 23.1 Å². The molecule has 0 aliphatic rings. The first-order valence-corrected chi connectivity index (χ1v) is 8.15. The number of carbonyl (C=O) groups is 2. The Morgan fingerprint density at radius 2 is 1.60 bits per heavy atom. The highest BCUT2D eigenvalue weighted by molar-refractivity contribution is 6.35. The van der Waals surface area contributed by atoms with E-state index < -0.39 is 11.8 Å². The van der Waals surface area contributed by atoms with Gasteiger partial charge in [0.2, 0.25) is 0 Å². The molecule has 8 heteroatoms. The number of benzene rings is 2. The standard InChI is InChI=1S/C17H16Cl2N2O4/c1-2-24-12-4-6-13(7-5-12)25-10-16(22)20-21-17(23)14-9-11(18)3-8-15(14)19/h3-9H,2,10H2,1H3,(H,20,22)(H,21,23). The summed E-state index contributed by atoms with van der Waals surface area (Å²) in [6, 6.07) is 11.3. The summed E-state index contributed by atoms with van der Waals surface area (Å²) in [6.45, 7) is 2.19. The molecule has 0 aliphatic heterocycles. The smallest absolute Gasteiger partial charge is 0.276 e. The van der Waals surface area contributed by atoms with E-state index in [1.165, 1.54) is 12.1 Å². The fraction of sp³-hybridized carbons (Fsp3) is 0.176. The molecule has 0 spiro atoms. The van der Waals surface area contributed by atoms with E-state index in [4.69, 9.17) is 32.7 Å². The van der Waals surface area contributed by atoms with Gasteiger partial charge in [0, 0.05) is 5.02 Å². The zero-order chi connectivity index (χ0) is 18.2. The Morgan fingerprint density at radius 3 is 2.24 bits per heavy atom. The minimum absolute atomic E-state index is 0.155. The van der Waals surface area contributed by atoms with E-state index in [9.17, 15) is 9.59 Å². The minimum atomic E-state index is -0.582. The van der Waals surface area contributed by atoms with Gasteiger partial charge in [0.1, 0.15) is 11.5 Å². The van der Waals surface area contributed by atoms with Gasteiger partial charge in [0.25, 0.3) is 11.8 Å². The van der Waals surface area contributed by atoms with Crippen molar-refractivity contribution in [3.05, 3.63) is 58.1 Å². The second-order valence-electron chi connectivity index (χ2n) is 4.82. The summed E-state index contributed by atoms with van der Waals surface area (Å²) < 4.78 is 10.6. The molecule has 0 aliphatic carbocycles. The lowest BCUT2D eigenvalue weighted by Gasteiger charge is -2.10. The number of nitrogens with one attached hydrogen (secondary N) is 2. The average molecular weight is 383 g/mol. The molecule has 2 amide bonds. The number of hydrazine groups is 1. The summed E-state index contributed by atoms with van der Waals surface area (Å²) in [4.78, 5) is 23.7. The highest BCUT2D eigenvalue weighted by Gasteiger charge is 2.12. The van der Waals surface area contributed by atoms with Crippen LogP contribution in [0, 0.1) is 0 Å². The van der Waals surface area contributed by atoms with Crippen molar-refractivity contribution in [2.45, 2.75) is 6.92 Å². The molecule has 0 fully saturated rings. The van der Waals surface area contributed by atoms with E-state index in [-0.39, 0.29) is 17.2 Å². The summed E-state index contributed by atoms with van der Waals surface area (Å²) in [6.07, 6.45) is 0. The molecule has 0 atom stereocenters. The SMILES string of the molecule is CCOc1ccc(OCC(=O)NNC(=O)c2cc(Cl)ccc2Cl)cc1. The molecule has 0 bridgehead atoms. The summed E-state index contributed by atoms with van der Waals surface area (Å²) in [5.41, 5.74) is 4.64. The Labute approximate surface area is 155 Å². The second-order valence-corrected chi connectivity index (χ2v) is 5.66. The third-order valence-electron chi connectivity index (χ3n) is 2.99. The van der Waals surface area contributed by atoms with Crippen molar-refractivity contribution in [2.75, 3.05) is 13.2 Å². The van der Waals surface area contributed by atoms with Gasteiger partial charge in [-0.1, -0.05) is 23.2 Å². The maximum absolute atomic E-state index is 12.0. The molecule has 2 aromatic rings. The molecule has 0 radical (unpaired) electrons. The van der Waals surface area contributed by atoms with Crippen LogP contribution in [-0.4, -0.2) is 25.0 Å². The molecular formula is C17H16Cl2N2O4. The summed E-state index contributed by atoms with van der Waals surface area (Å²) in [5.74, 6) is 0.107. The Hall–Kier alpha value is -2.44. The molecule has 6 nitrogen and oxygen atoms in total. The zero-order valence-corrected chi connectivity index (χ0v) is 14.9. The molecule has 2 N–H and O–H groups in total. The number of amides is 2. The third-order valence-corrected chi connectivity index (χ3v) is 3.56. The van der Waals surface area contributed by atoms with Crippen molar-refractivity contribution in [1.29, 1.82) is 0 Å². The maximum Gasteiger partial charge on any atom is 0.276 e. The first kappa shape index (κ1) is 18.9. The van der Waals surface area contributed by atoms with E-state index in [0.717, 1.165) is 0 Å². The van der Waals surface area contributed by atoms with Crippen LogP contribution in [-0.2, 0) is 4.79 Å². The van der Waals surface area contributed by atoms with Gasteiger partial charge in [-0.3, -0.25) is 20.4 Å². The second kappa shape index (κ2) is 9.15. The van der Waals surface area contributed by atoms with Crippen molar-refractivity contribution in [1.82, 2.24) is 10.9 Å². The molecule has 132 valence electrons. The highest BCUT2D eigenvalue weighted by Crippen LogP contribution is 2.20. The first-order chi connectivity index (χ1) is 12.0. The van der Waals surface area contributed by atoms with E-state index in [2.05, 4.69) is 10.9 Å². The third kappa shape index (κ3) is 5.85. The maximum atomic E-state index is 12.0. The number of ether oxygens (including phenoxy) is 2. The van der Waals surface area contributed by atoms with Crippen LogP contribution in [0.2, 0.25) is 10.0 Å². The van der Waals surface area contributed by atoms with E-state index >= 15 is 0 Å². The Bertz CT molecular complexity index is 751. The van der Waals surface area contributed by atoms with E-state index in [1.54, 1.807) is 30.3 Å². The highest BCUT2D eigenvalue weighted by atomic mass is 35.5.